The molecule has 0 fully saturated rings. The van der Waals surface area contributed by atoms with E-state index >= 15 is 0 Å². The van der Waals surface area contributed by atoms with E-state index in [1.165, 1.54) is 96.3 Å². The first-order valence-corrected chi connectivity index (χ1v) is 30.1. The molecule has 1 amide bonds. The number of hydrogen-bond donors (Lipinski definition) is 2. The molecule has 9 nitrogen and oxygen atoms in total. The smallest absolute Gasteiger partial charge is 0.456 e. The lowest BCUT2D eigenvalue weighted by Gasteiger charge is -2.27. The van der Waals surface area contributed by atoms with Crippen LogP contribution in [0.1, 0.15) is 226 Å². The van der Waals surface area contributed by atoms with E-state index in [1.54, 1.807) is 0 Å². The van der Waals surface area contributed by atoms with Crippen LogP contribution in [0.3, 0.4) is 0 Å². The second-order valence-electron chi connectivity index (χ2n) is 20.1. The SMILES string of the molecule is CC/C=C/C/C=C/C/C=C/C/C=C/C/C=C/CCC(=O)NC(COP(=O)(O)OCC[N+](C)(C)C)C(/C=C/CCCCCCCCCCCC)OC(=O)CCCCCCCCC/C=C\C/C=C\CCCCC. The Labute approximate surface area is 437 Å². The molecule has 3 atom stereocenters. The molecule has 2 N–H and O–H groups in total. The van der Waals surface area contributed by atoms with Gasteiger partial charge in [-0.1, -0.05) is 215 Å². The van der Waals surface area contributed by atoms with Gasteiger partial charge in [-0.15, -0.1) is 0 Å². The first-order chi connectivity index (χ1) is 34.4. The number of carbonyl (C=O) groups excluding carboxylic acids is 2. The van der Waals surface area contributed by atoms with Gasteiger partial charge >= 0.3 is 13.8 Å². The number of phosphoric ester groups is 1. The minimum absolute atomic E-state index is 0.0213. The highest BCUT2D eigenvalue weighted by Crippen LogP contribution is 2.43. The maximum absolute atomic E-state index is 13.5. The summed E-state index contributed by atoms with van der Waals surface area (Å²) in [7, 11) is 1.43. The Hall–Kier alpha value is -3.07. The van der Waals surface area contributed by atoms with E-state index in [-0.39, 0.29) is 37.9 Å². The van der Waals surface area contributed by atoms with Crippen LogP contribution >= 0.6 is 7.82 Å². The van der Waals surface area contributed by atoms with Crippen LogP contribution in [-0.2, 0) is 27.9 Å². The molecule has 0 aromatic rings. The lowest BCUT2D eigenvalue weighted by molar-refractivity contribution is -0.870. The van der Waals surface area contributed by atoms with Gasteiger partial charge in [-0.05, 0) is 96.0 Å². The summed E-state index contributed by atoms with van der Waals surface area (Å²) in [6.45, 7) is 6.79. The van der Waals surface area contributed by atoms with Crippen LogP contribution in [0.2, 0.25) is 0 Å². The van der Waals surface area contributed by atoms with Crippen LogP contribution in [0.4, 0.5) is 0 Å². The van der Waals surface area contributed by atoms with Gasteiger partial charge in [0, 0.05) is 12.8 Å². The normalized spacial score (nSPS) is 14.5. The van der Waals surface area contributed by atoms with Crippen molar-refractivity contribution in [2.75, 3.05) is 40.9 Å². The molecule has 10 heteroatoms. The van der Waals surface area contributed by atoms with Crippen LogP contribution in [0, 0.1) is 0 Å². The van der Waals surface area contributed by atoms with E-state index in [0.717, 1.165) is 89.9 Å². The Morgan fingerprint density at radius 3 is 1.41 bits per heavy atom. The molecule has 0 spiro atoms. The molecule has 0 aromatic heterocycles. The highest BCUT2D eigenvalue weighted by atomic mass is 31.2. The minimum atomic E-state index is -4.47. The van der Waals surface area contributed by atoms with Gasteiger partial charge in [0.2, 0.25) is 5.91 Å². The molecule has 0 saturated carbocycles. The van der Waals surface area contributed by atoms with Gasteiger partial charge in [0.05, 0.1) is 33.8 Å². The van der Waals surface area contributed by atoms with Crippen LogP contribution in [0.15, 0.2) is 97.2 Å². The van der Waals surface area contributed by atoms with E-state index < -0.39 is 20.0 Å². The van der Waals surface area contributed by atoms with E-state index in [4.69, 9.17) is 13.8 Å². The average molecular weight is 1010 g/mol. The van der Waals surface area contributed by atoms with Crippen molar-refractivity contribution >= 4 is 19.7 Å². The standard InChI is InChI=1S/C61H107N2O7P/c1-7-10-13-16-19-22-25-28-30-32-34-36-39-42-45-48-51-54-61(65)70-59(52-49-46-43-40-37-27-24-21-18-15-12-9-3)58(57-69-71(66,67)68-56-55-63(4,5)6)62-60(64)53-50-47-44-41-38-35-33-31-29-26-23-20-17-14-11-8-2/h11,14,19-20,22-23,28-31,35,38,44,47,49,52,58-59H,7-10,12-13,15-18,21,24-27,32-34,36-37,39-43,45-46,48,50-51,53-57H2,1-6H3,(H-,62,64,66,67)/p+1/b14-11+,22-19-,23-20+,30-28-,31-29+,38-35+,47-44+,52-49+. The number of esters is 1. The maximum Gasteiger partial charge on any atom is 0.472 e. The predicted molar refractivity (Wildman–Crippen MR) is 304 cm³/mol. The molecule has 3 unspecified atom stereocenters. The van der Waals surface area contributed by atoms with Gasteiger partial charge in [-0.25, -0.2) is 4.57 Å². The zero-order valence-electron chi connectivity index (χ0n) is 46.4. The van der Waals surface area contributed by atoms with Crippen LogP contribution < -0.4 is 5.32 Å². The van der Waals surface area contributed by atoms with Crippen LogP contribution in [0.5, 0.6) is 0 Å². The van der Waals surface area contributed by atoms with Gasteiger partial charge in [0.1, 0.15) is 19.3 Å². The molecule has 71 heavy (non-hydrogen) atoms. The molecule has 0 aliphatic carbocycles. The number of nitrogens with one attached hydrogen (secondary N) is 1. The van der Waals surface area contributed by atoms with Gasteiger partial charge in [-0.2, -0.15) is 0 Å². The number of hydrogen-bond acceptors (Lipinski definition) is 6. The first kappa shape index (κ1) is 67.9. The van der Waals surface area contributed by atoms with Crippen molar-refractivity contribution < 1.29 is 37.3 Å². The fourth-order valence-corrected chi connectivity index (χ4v) is 8.34. The first-order valence-electron chi connectivity index (χ1n) is 28.6. The average Bonchev–Trinajstić information content (AvgIpc) is 3.33. The largest absolute Gasteiger partial charge is 0.472 e. The summed E-state index contributed by atoms with van der Waals surface area (Å²) < 4.78 is 30.5. The number of ether oxygens (including phenoxy) is 1. The van der Waals surface area contributed by atoms with Gasteiger partial charge in [-0.3, -0.25) is 18.6 Å². The third kappa shape index (κ3) is 51.6. The molecule has 0 aliphatic rings. The number of likely N-dealkylation sites (N-methyl/N-ethyl adjacent to an activating group) is 1. The summed E-state index contributed by atoms with van der Waals surface area (Å²) in [4.78, 5) is 37.5. The Morgan fingerprint density at radius 2 is 0.915 bits per heavy atom. The highest BCUT2D eigenvalue weighted by molar-refractivity contribution is 7.47. The molecular formula is C61H108N2O7P+. The van der Waals surface area contributed by atoms with Crippen molar-refractivity contribution in [2.45, 2.75) is 238 Å². The summed E-state index contributed by atoms with van der Waals surface area (Å²) in [5.41, 5.74) is 0. The van der Waals surface area contributed by atoms with Crippen molar-refractivity contribution in [3.05, 3.63) is 97.2 Å². The summed E-state index contributed by atoms with van der Waals surface area (Å²) in [6.07, 6.45) is 67.0. The zero-order chi connectivity index (χ0) is 52.2. The summed E-state index contributed by atoms with van der Waals surface area (Å²) in [6, 6.07) is -0.895. The fraction of sp³-hybridized carbons (Fsp3) is 0.705. The van der Waals surface area contributed by atoms with E-state index in [0.29, 0.717) is 17.4 Å². The molecule has 0 saturated heterocycles. The number of unbranched alkanes of at least 4 members (excludes halogenated alkanes) is 20. The predicted octanol–water partition coefficient (Wildman–Crippen LogP) is 17.2. The van der Waals surface area contributed by atoms with Gasteiger partial charge in [0.25, 0.3) is 0 Å². The van der Waals surface area contributed by atoms with Crippen molar-refractivity contribution in [3.8, 4) is 0 Å². The highest BCUT2D eigenvalue weighted by Gasteiger charge is 2.30. The number of nitrogens with zero attached hydrogens (tertiary/aromatic N) is 1. The van der Waals surface area contributed by atoms with Crippen molar-refractivity contribution in [3.63, 3.8) is 0 Å². The van der Waals surface area contributed by atoms with Crippen molar-refractivity contribution in [1.82, 2.24) is 5.32 Å². The molecule has 0 radical (unpaired) electrons. The molecule has 0 aliphatic heterocycles. The molecular weight excluding hydrogens is 904 g/mol. The zero-order valence-corrected chi connectivity index (χ0v) is 47.3. The Balaban J connectivity index is 5.48. The van der Waals surface area contributed by atoms with E-state index in [2.05, 4.69) is 99.0 Å². The lowest BCUT2D eigenvalue weighted by atomic mass is 10.1. The number of phosphoric acid groups is 1. The summed E-state index contributed by atoms with van der Waals surface area (Å²) in [5.74, 6) is -0.617. The molecule has 0 bridgehead atoms. The molecule has 0 heterocycles. The Morgan fingerprint density at radius 1 is 0.507 bits per heavy atom. The third-order valence-corrected chi connectivity index (χ3v) is 13.0. The second-order valence-corrected chi connectivity index (χ2v) is 21.5. The van der Waals surface area contributed by atoms with Gasteiger partial charge in [0.15, 0.2) is 0 Å². The fourth-order valence-electron chi connectivity index (χ4n) is 7.60. The summed E-state index contributed by atoms with van der Waals surface area (Å²) >= 11 is 0. The number of quaternary nitrogens is 1. The van der Waals surface area contributed by atoms with Crippen molar-refractivity contribution in [1.29, 1.82) is 0 Å². The van der Waals surface area contributed by atoms with Crippen molar-refractivity contribution in [2.24, 2.45) is 0 Å². The maximum atomic E-state index is 13.5. The number of allylic oxidation sites excluding steroid dienone is 15. The summed E-state index contributed by atoms with van der Waals surface area (Å²) in [5, 5.41) is 2.99. The van der Waals surface area contributed by atoms with E-state index in [1.807, 2.05) is 45.4 Å². The Bertz CT molecular complexity index is 1540. The third-order valence-electron chi connectivity index (χ3n) is 12.0. The molecule has 0 rings (SSSR count). The monoisotopic (exact) mass is 1010 g/mol. The number of amides is 1. The Kier molecular flexibility index (Phi) is 48.3. The quantitative estimate of drug-likeness (QED) is 0.0205. The van der Waals surface area contributed by atoms with E-state index in [9.17, 15) is 19.0 Å². The minimum Gasteiger partial charge on any atom is -0.456 e. The second kappa shape index (κ2) is 50.5. The molecule has 408 valence electrons. The van der Waals surface area contributed by atoms with Crippen LogP contribution in [-0.4, -0.2) is 74.3 Å². The molecule has 0 aromatic carbocycles. The topological polar surface area (TPSA) is 111 Å². The lowest BCUT2D eigenvalue weighted by Crippen LogP contribution is -2.47. The van der Waals surface area contributed by atoms with Gasteiger partial charge < -0.3 is 19.4 Å². The number of rotatable bonds is 50. The number of carbonyl (C=O) groups is 2. The van der Waals surface area contributed by atoms with Crippen LogP contribution in [0.25, 0.3) is 0 Å².